The molecule has 1 heterocycles. The smallest absolute Gasteiger partial charge is 0.410 e. The van der Waals surface area contributed by atoms with Gasteiger partial charge in [0, 0.05) is 43.5 Å². The number of benzene rings is 1. The van der Waals surface area contributed by atoms with E-state index >= 15 is 0 Å². The zero-order chi connectivity index (χ0) is 18.8. The number of anilines is 1. The number of ether oxygens (including phenoxy) is 1. The quantitative estimate of drug-likeness (QED) is 0.612. The van der Waals surface area contributed by atoms with Crippen molar-refractivity contribution < 1.29 is 14.5 Å². The Morgan fingerprint density at radius 3 is 2.20 bits per heavy atom. The van der Waals surface area contributed by atoms with Gasteiger partial charge in [0.25, 0.3) is 5.69 Å². The van der Waals surface area contributed by atoms with Gasteiger partial charge in [-0.25, -0.2) is 4.79 Å². The topological polar surface area (TPSA) is 75.9 Å². The summed E-state index contributed by atoms with van der Waals surface area (Å²) >= 11 is 0. The number of piperidine rings is 1. The van der Waals surface area contributed by atoms with Crippen molar-refractivity contribution in [2.45, 2.75) is 51.7 Å². The number of likely N-dealkylation sites (tertiary alicyclic amines) is 1. The van der Waals surface area contributed by atoms with Crippen LogP contribution in [0.25, 0.3) is 0 Å². The molecule has 1 amide bonds. The first-order valence-electron chi connectivity index (χ1n) is 8.48. The highest BCUT2D eigenvalue weighted by Crippen LogP contribution is 2.32. The van der Waals surface area contributed by atoms with Gasteiger partial charge in [0.2, 0.25) is 0 Å². The van der Waals surface area contributed by atoms with Crippen LogP contribution in [0, 0.1) is 10.1 Å². The third-order valence-corrected chi connectivity index (χ3v) is 4.75. The standard InChI is InChI=1S/C18H27N3O4/c1-17(2,3)25-16(22)20-12-10-18(4,11-13-20)19(5)14-6-8-15(9-7-14)21(23)24/h6-9H,10-13H2,1-5H3. The highest BCUT2D eigenvalue weighted by molar-refractivity contribution is 5.68. The zero-order valence-corrected chi connectivity index (χ0v) is 15.6. The maximum atomic E-state index is 12.2. The summed E-state index contributed by atoms with van der Waals surface area (Å²) in [5.74, 6) is 0. The van der Waals surface area contributed by atoms with Gasteiger partial charge < -0.3 is 14.5 Å². The zero-order valence-electron chi connectivity index (χ0n) is 15.6. The number of nitro groups is 1. The Kier molecular flexibility index (Phi) is 5.25. The Morgan fingerprint density at radius 1 is 1.24 bits per heavy atom. The van der Waals surface area contributed by atoms with E-state index in [1.165, 1.54) is 12.1 Å². The number of carbonyl (C=O) groups excluding carboxylic acids is 1. The third kappa shape index (κ3) is 4.61. The van der Waals surface area contributed by atoms with Crippen molar-refractivity contribution in [3.63, 3.8) is 0 Å². The minimum Gasteiger partial charge on any atom is -0.444 e. The summed E-state index contributed by atoms with van der Waals surface area (Å²) in [4.78, 5) is 26.5. The molecule has 1 fully saturated rings. The highest BCUT2D eigenvalue weighted by Gasteiger charge is 2.36. The SMILES string of the molecule is CN(c1ccc([N+](=O)[O-])cc1)C1(C)CCN(C(=O)OC(C)(C)C)CC1. The van der Waals surface area contributed by atoms with E-state index in [1.807, 2.05) is 27.8 Å². The van der Waals surface area contributed by atoms with Gasteiger partial charge in [0.05, 0.1) is 4.92 Å². The van der Waals surface area contributed by atoms with E-state index < -0.39 is 10.5 Å². The first kappa shape index (κ1) is 19.0. The number of nitro benzene ring substituents is 1. The molecule has 7 heteroatoms. The van der Waals surface area contributed by atoms with Crippen LogP contribution in [0.2, 0.25) is 0 Å². The number of non-ortho nitro benzene ring substituents is 1. The molecule has 0 radical (unpaired) electrons. The van der Waals surface area contributed by atoms with Crippen LogP contribution in [0.1, 0.15) is 40.5 Å². The Hall–Kier alpha value is -2.31. The molecule has 1 saturated heterocycles. The average Bonchev–Trinajstić information content (AvgIpc) is 2.53. The Bertz CT molecular complexity index is 629. The number of carbonyl (C=O) groups is 1. The van der Waals surface area contributed by atoms with Crippen LogP contribution in [0.5, 0.6) is 0 Å². The van der Waals surface area contributed by atoms with E-state index in [0.29, 0.717) is 13.1 Å². The molecular weight excluding hydrogens is 322 g/mol. The first-order valence-corrected chi connectivity index (χ1v) is 8.48. The lowest BCUT2D eigenvalue weighted by Gasteiger charge is -2.46. The van der Waals surface area contributed by atoms with Gasteiger partial charge in [-0.1, -0.05) is 0 Å². The van der Waals surface area contributed by atoms with Gasteiger partial charge in [0.1, 0.15) is 5.60 Å². The van der Waals surface area contributed by atoms with Crippen molar-refractivity contribution in [3.8, 4) is 0 Å². The molecule has 1 aliphatic heterocycles. The van der Waals surface area contributed by atoms with Crippen LogP contribution in [0.15, 0.2) is 24.3 Å². The molecule has 2 rings (SSSR count). The summed E-state index contributed by atoms with van der Waals surface area (Å²) < 4.78 is 5.44. The second-order valence-corrected chi connectivity index (χ2v) is 7.80. The fourth-order valence-corrected chi connectivity index (χ4v) is 2.94. The molecule has 25 heavy (non-hydrogen) atoms. The fraction of sp³-hybridized carbons (Fsp3) is 0.611. The Morgan fingerprint density at radius 2 is 1.76 bits per heavy atom. The minimum absolute atomic E-state index is 0.0852. The van der Waals surface area contributed by atoms with Crippen molar-refractivity contribution in [2.24, 2.45) is 0 Å². The number of rotatable bonds is 3. The van der Waals surface area contributed by atoms with Crippen LogP contribution < -0.4 is 4.90 Å². The number of hydrogen-bond acceptors (Lipinski definition) is 5. The van der Waals surface area contributed by atoms with Crippen molar-refractivity contribution in [2.75, 3.05) is 25.0 Å². The lowest BCUT2D eigenvalue weighted by Crippen LogP contribution is -2.54. The molecule has 0 bridgehead atoms. The number of amides is 1. The highest BCUT2D eigenvalue weighted by atomic mass is 16.6. The molecule has 0 aromatic heterocycles. The number of nitrogens with zero attached hydrogens (tertiary/aromatic N) is 3. The van der Waals surface area contributed by atoms with Crippen molar-refractivity contribution in [1.29, 1.82) is 0 Å². The maximum Gasteiger partial charge on any atom is 0.410 e. The molecule has 1 aromatic carbocycles. The van der Waals surface area contributed by atoms with E-state index in [2.05, 4.69) is 11.8 Å². The summed E-state index contributed by atoms with van der Waals surface area (Å²) in [5.41, 5.74) is 0.406. The predicted octanol–water partition coefficient (Wildman–Crippen LogP) is 3.82. The molecule has 0 unspecified atom stereocenters. The second-order valence-electron chi connectivity index (χ2n) is 7.80. The van der Waals surface area contributed by atoms with Gasteiger partial charge in [-0.05, 0) is 52.7 Å². The van der Waals surface area contributed by atoms with Gasteiger partial charge in [0.15, 0.2) is 0 Å². The molecule has 1 aromatic rings. The molecule has 138 valence electrons. The lowest BCUT2D eigenvalue weighted by molar-refractivity contribution is -0.384. The summed E-state index contributed by atoms with van der Waals surface area (Å²) in [6, 6.07) is 6.57. The lowest BCUT2D eigenvalue weighted by atomic mass is 9.87. The van der Waals surface area contributed by atoms with Crippen LogP contribution in [0.4, 0.5) is 16.2 Å². The van der Waals surface area contributed by atoms with Crippen molar-refractivity contribution in [3.05, 3.63) is 34.4 Å². The molecule has 0 aliphatic carbocycles. The molecule has 1 aliphatic rings. The predicted molar refractivity (Wildman–Crippen MR) is 96.9 cm³/mol. The van der Waals surface area contributed by atoms with Crippen LogP contribution in [-0.4, -0.2) is 47.2 Å². The molecule has 7 nitrogen and oxygen atoms in total. The maximum absolute atomic E-state index is 12.2. The van der Waals surface area contributed by atoms with Crippen LogP contribution in [-0.2, 0) is 4.74 Å². The van der Waals surface area contributed by atoms with Gasteiger partial charge >= 0.3 is 6.09 Å². The van der Waals surface area contributed by atoms with Gasteiger partial charge in [-0.3, -0.25) is 10.1 Å². The average molecular weight is 349 g/mol. The summed E-state index contributed by atoms with van der Waals surface area (Å²) in [7, 11) is 1.99. The Labute approximate surface area is 148 Å². The van der Waals surface area contributed by atoms with E-state index in [1.54, 1.807) is 17.0 Å². The summed E-state index contributed by atoms with van der Waals surface area (Å²) in [5, 5.41) is 10.8. The van der Waals surface area contributed by atoms with Crippen molar-refractivity contribution in [1.82, 2.24) is 4.90 Å². The minimum atomic E-state index is -0.493. The molecule has 0 spiro atoms. The monoisotopic (exact) mass is 349 g/mol. The molecular formula is C18H27N3O4. The molecule has 0 N–H and O–H groups in total. The number of hydrogen-bond donors (Lipinski definition) is 0. The van der Waals surface area contributed by atoms with E-state index in [4.69, 9.17) is 4.74 Å². The normalized spacial score (nSPS) is 17.1. The van der Waals surface area contributed by atoms with E-state index in [-0.39, 0.29) is 17.3 Å². The second kappa shape index (κ2) is 6.90. The molecule has 0 atom stereocenters. The van der Waals surface area contributed by atoms with Gasteiger partial charge in [-0.2, -0.15) is 0 Å². The van der Waals surface area contributed by atoms with E-state index in [9.17, 15) is 14.9 Å². The Balaban J connectivity index is 2.01. The van der Waals surface area contributed by atoms with Crippen LogP contribution in [0.3, 0.4) is 0 Å². The first-order chi connectivity index (χ1) is 11.5. The largest absolute Gasteiger partial charge is 0.444 e. The summed E-state index contributed by atoms with van der Waals surface area (Å²) in [6.07, 6.45) is 1.34. The molecule has 0 saturated carbocycles. The van der Waals surface area contributed by atoms with Gasteiger partial charge in [-0.15, -0.1) is 0 Å². The van der Waals surface area contributed by atoms with E-state index in [0.717, 1.165) is 18.5 Å². The third-order valence-electron chi connectivity index (χ3n) is 4.75. The van der Waals surface area contributed by atoms with Crippen molar-refractivity contribution >= 4 is 17.5 Å². The summed E-state index contributed by atoms with van der Waals surface area (Å²) in [6.45, 7) is 9.00. The fourth-order valence-electron chi connectivity index (χ4n) is 2.94. The van der Waals surface area contributed by atoms with Crippen LogP contribution >= 0.6 is 0 Å².